The Morgan fingerprint density at radius 1 is 1.18 bits per heavy atom. The molecular weight excluding hydrogens is 214 g/mol. The van der Waals surface area contributed by atoms with Gasteiger partial charge >= 0.3 is 0 Å². The molecule has 0 heterocycles. The van der Waals surface area contributed by atoms with E-state index in [2.05, 4.69) is 4.90 Å². The Bertz CT molecular complexity index is 359. The largest absolute Gasteiger partial charge is 0.399 e. The summed E-state index contributed by atoms with van der Waals surface area (Å²) in [6.07, 6.45) is 1.45. The van der Waals surface area contributed by atoms with Crippen molar-refractivity contribution < 1.29 is 4.79 Å². The molecule has 1 rings (SSSR count). The molecule has 1 aromatic carbocycles. The molecule has 0 radical (unpaired) electrons. The van der Waals surface area contributed by atoms with Crippen LogP contribution in [-0.2, 0) is 4.79 Å². The third kappa shape index (κ3) is 4.34. The number of hydrogen-bond donors (Lipinski definition) is 1. The van der Waals surface area contributed by atoms with Crippen molar-refractivity contribution in [1.82, 2.24) is 4.90 Å². The minimum atomic E-state index is 0.177. The number of nitrogen functional groups attached to an aromatic ring is 1. The van der Waals surface area contributed by atoms with E-state index in [9.17, 15) is 4.79 Å². The molecule has 1 aromatic rings. The fourth-order valence-electron chi connectivity index (χ4n) is 1.55. The first-order valence-corrected chi connectivity index (χ1v) is 5.77. The minimum absolute atomic E-state index is 0.177. The van der Waals surface area contributed by atoms with Gasteiger partial charge in [-0.25, -0.2) is 0 Å². The summed E-state index contributed by atoms with van der Waals surface area (Å²) in [7, 11) is 5.59. The lowest BCUT2D eigenvalue weighted by Gasteiger charge is -2.19. The zero-order chi connectivity index (χ0) is 12.8. The van der Waals surface area contributed by atoms with E-state index in [0.29, 0.717) is 6.42 Å². The van der Waals surface area contributed by atoms with Crippen LogP contribution in [0.2, 0.25) is 0 Å². The van der Waals surface area contributed by atoms with Crippen LogP contribution in [0.15, 0.2) is 24.3 Å². The summed E-state index contributed by atoms with van der Waals surface area (Å²) in [5, 5.41) is 0. The predicted octanol–water partition coefficient (Wildman–Crippen LogP) is 1.57. The lowest BCUT2D eigenvalue weighted by Crippen LogP contribution is -2.24. The molecule has 0 atom stereocenters. The monoisotopic (exact) mass is 235 g/mol. The normalized spacial score (nSPS) is 10.1. The first kappa shape index (κ1) is 13.4. The van der Waals surface area contributed by atoms with Gasteiger partial charge in [-0.2, -0.15) is 0 Å². The fraction of sp³-hybridized carbons (Fsp3) is 0.462. The Hall–Kier alpha value is -1.71. The predicted molar refractivity (Wildman–Crippen MR) is 72.1 cm³/mol. The first-order chi connectivity index (χ1) is 8.00. The first-order valence-electron chi connectivity index (χ1n) is 5.77. The highest BCUT2D eigenvalue weighted by Gasteiger charge is 2.05. The molecule has 0 aliphatic rings. The van der Waals surface area contributed by atoms with Crippen LogP contribution in [-0.4, -0.2) is 38.5 Å². The van der Waals surface area contributed by atoms with Gasteiger partial charge < -0.3 is 15.5 Å². The van der Waals surface area contributed by atoms with Crippen LogP contribution >= 0.6 is 0 Å². The molecule has 0 saturated carbocycles. The third-order valence-electron chi connectivity index (χ3n) is 2.72. The highest BCUT2D eigenvalue weighted by molar-refractivity contribution is 5.75. The van der Waals surface area contributed by atoms with Crippen molar-refractivity contribution in [3.8, 4) is 0 Å². The molecule has 94 valence electrons. The Balaban J connectivity index is 2.37. The number of carbonyl (C=O) groups excluding carboxylic acids is 1. The molecule has 0 fully saturated rings. The molecule has 0 aromatic heterocycles. The number of anilines is 2. The van der Waals surface area contributed by atoms with Crippen molar-refractivity contribution >= 4 is 17.3 Å². The SMILES string of the molecule is CN(C)C(=O)CCCN(C)c1ccc(N)cc1. The van der Waals surface area contributed by atoms with E-state index < -0.39 is 0 Å². The van der Waals surface area contributed by atoms with Crippen molar-refractivity contribution in [2.75, 3.05) is 38.3 Å². The maximum Gasteiger partial charge on any atom is 0.222 e. The van der Waals surface area contributed by atoms with E-state index in [-0.39, 0.29) is 5.91 Å². The van der Waals surface area contributed by atoms with Gasteiger partial charge in [0.1, 0.15) is 0 Å². The van der Waals surface area contributed by atoms with Crippen LogP contribution < -0.4 is 10.6 Å². The van der Waals surface area contributed by atoms with E-state index >= 15 is 0 Å². The number of amides is 1. The van der Waals surface area contributed by atoms with Crippen LogP contribution in [0.3, 0.4) is 0 Å². The van der Waals surface area contributed by atoms with Gasteiger partial charge in [-0.15, -0.1) is 0 Å². The summed E-state index contributed by atoms with van der Waals surface area (Å²) in [5.41, 5.74) is 7.52. The van der Waals surface area contributed by atoms with E-state index in [4.69, 9.17) is 5.73 Å². The van der Waals surface area contributed by atoms with Gasteiger partial charge in [0.25, 0.3) is 0 Å². The molecule has 0 saturated heterocycles. The standard InChI is InChI=1S/C13H21N3O/c1-15(2)13(17)5-4-10-16(3)12-8-6-11(14)7-9-12/h6-9H,4-5,10,14H2,1-3H3. The minimum Gasteiger partial charge on any atom is -0.399 e. The molecular formula is C13H21N3O. The number of benzene rings is 1. The highest BCUT2D eigenvalue weighted by atomic mass is 16.2. The molecule has 0 bridgehead atoms. The van der Waals surface area contributed by atoms with Crippen molar-refractivity contribution in [1.29, 1.82) is 0 Å². The summed E-state index contributed by atoms with van der Waals surface area (Å²) < 4.78 is 0. The van der Waals surface area contributed by atoms with Crippen molar-refractivity contribution in [2.45, 2.75) is 12.8 Å². The van der Waals surface area contributed by atoms with Gasteiger partial charge in [0, 0.05) is 45.5 Å². The summed E-state index contributed by atoms with van der Waals surface area (Å²) >= 11 is 0. The van der Waals surface area contributed by atoms with Crippen molar-refractivity contribution in [2.24, 2.45) is 0 Å². The lowest BCUT2D eigenvalue weighted by molar-refractivity contribution is -0.128. The molecule has 2 N–H and O–H groups in total. The number of hydrogen-bond acceptors (Lipinski definition) is 3. The average molecular weight is 235 g/mol. The number of nitrogens with zero attached hydrogens (tertiary/aromatic N) is 2. The molecule has 0 aliphatic heterocycles. The fourth-order valence-corrected chi connectivity index (χ4v) is 1.55. The van der Waals surface area contributed by atoms with Gasteiger partial charge in [-0.1, -0.05) is 0 Å². The number of carbonyl (C=O) groups is 1. The van der Waals surface area contributed by atoms with E-state index in [0.717, 1.165) is 24.3 Å². The maximum absolute atomic E-state index is 11.4. The van der Waals surface area contributed by atoms with Crippen LogP contribution in [0.1, 0.15) is 12.8 Å². The number of rotatable bonds is 5. The van der Waals surface area contributed by atoms with Gasteiger partial charge in [-0.05, 0) is 30.7 Å². The van der Waals surface area contributed by atoms with Gasteiger partial charge in [0.2, 0.25) is 5.91 Å². The molecule has 0 unspecified atom stereocenters. The quantitative estimate of drug-likeness (QED) is 0.788. The zero-order valence-electron chi connectivity index (χ0n) is 10.8. The van der Waals surface area contributed by atoms with Crippen molar-refractivity contribution in [3.05, 3.63) is 24.3 Å². The maximum atomic E-state index is 11.4. The Kier molecular flexibility index (Phi) is 4.82. The Morgan fingerprint density at radius 2 is 1.76 bits per heavy atom. The molecule has 0 spiro atoms. The lowest BCUT2D eigenvalue weighted by atomic mass is 10.2. The summed E-state index contributed by atoms with van der Waals surface area (Å²) in [6, 6.07) is 7.75. The highest BCUT2D eigenvalue weighted by Crippen LogP contribution is 2.15. The number of nitrogens with two attached hydrogens (primary N) is 1. The molecule has 0 aliphatic carbocycles. The van der Waals surface area contributed by atoms with Crippen LogP contribution in [0.4, 0.5) is 11.4 Å². The summed E-state index contributed by atoms with van der Waals surface area (Å²) in [4.78, 5) is 15.2. The van der Waals surface area contributed by atoms with E-state index in [1.54, 1.807) is 19.0 Å². The average Bonchev–Trinajstić information content (AvgIpc) is 2.29. The molecule has 4 nitrogen and oxygen atoms in total. The molecule has 4 heteroatoms. The van der Waals surface area contributed by atoms with E-state index in [1.165, 1.54) is 0 Å². The van der Waals surface area contributed by atoms with Gasteiger partial charge in [-0.3, -0.25) is 4.79 Å². The van der Waals surface area contributed by atoms with Gasteiger partial charge in [0.15, 0.2) is 0 Å². The summed E-state index contributed by atoms with van der Waals surface area (Å²) in [5.74, 6) is 0.177. The van der Waals surface area contributed by atoms with Crippen LogP contribution in [0.25, 0.3) is 0 Å². The molecule has 17 heavy (non-hydrogen) atoms. The summed E-state index contributed by atoms with van der Waals surface area (Å²) in [6.45, 7) is 0.865. The Labute approximate surface area is 103 Å². The smallest absolute Gasteiger partial charge is 0.222 e. The second kappa shape index (κ2) is 6.13. The Morgan fingerprint density at radius 3 is 2.29 bits per heavy atom. The second-order valence-electron chi connectivity index (χ2n) is 4.40. The van der Waals surface area contributed by atoms with Crippen LogP contribution in [0, 0.1) is 0 Å². The molecule has 1 amide bonds. The third-order valence-corrected chi connectivity index (χ3v) is 2.72. The van der Waals surface area contributed by atoms with Crippen molar-refractivity contribution in [3.63, 3.8) is 0 Å². The topological polar surface area (TPSA) is 49.6 Å². The van der Waals surface area contributed by atoms with Crippen LogP contribution in [0.5, 0.6) is 0 Å². The second-order valence-corrected chi connectivity index (χ2v) is 4.40. The van der Waals surface area contributed by atoms with Gasteiger partial charge in [0.05, 0.1) is 0 Å². The zero-order valence-corrected chi connectivity index (χ0v) is 10.8. The van der Waals surface area contributed by atoms with E-state index in [1.807, 2.05) is 31.3 Å².